The van der Waals surface area contributed by atoms with Crippen molar-refractivity contribution in [3.63, 3.8) is 0 Å². The molecule has 17 heavy (non-hydrogen) atoms. The summed E-state index contributed by atoms with van der Waals surface area (Å²) in [7, 11) is -3.47. The largest absolute Gasteiger partial charge is 0.398 e. The lowest BCUT2D eigenvalue weighted by Crippen LogP contribution is -2.33. The van der Waals surface area contributed by atoms with Crippen LogP contribution in [0.3, 0.4) is 0 Å². The lowest BCUT2D eigenvalue weighted by Gasteiger charge is -2.14. The average Bonchev–Trinajstić information content (AvgIpc) is 2.63. The molecule has 1 saturated carbocycles. The predicted octanol–water partition coefficient (Wildman–Crippen LogP) is 1.74. The quantitative estimate of drug-likeness (QED) is 0.807. The van der Waals surface area contributed by atoms with E-state index in [4.69, 9.17) is 5.73 Å². The van der Waals surface area contributed by atoms with Crippen LogP contribution in [0.1, 0.15) is 26.2 Å². The molecule has 0 amide bonds. The van der Waals surface area contributed by atoms with E-state index in [-0.39, 0.29) is 10.9 Å². The maximum atomic E-state index is 12.1. The van der Waals surface area contributed by atoms with Gasteiger partial charge in [-0.05, 0) is 37.3 Å². The minimum atomic E-state index is -3.47. The zero-order valence-corrected chi connectivity index (χ0v) is 10.7. The van der Waals surface area contributed by atoms with E-state index in [1.54, 1.807) is 18.2 Å². The fraction of sp³-hybridized carbons (Fsp3) is 0.500. The van der Waals surface area contributed by atoms with Gasteiger partial charge in [0.15, 0.2) is 0 Å². The number of nitrogens with two attached hydrogens (primary N) is 1. The van der Waals surface area contributed by atoms with Gasteiger partial charge in [-0.1, -0.05) is 19.1 Å². The number of nitrogens with one attached hydrogen (secondary N) is 1. The molecule has 2 unspecified atom stereocenters. The molecule has 5 heteroatoms. The van der Waals surface area contributed by atoms with E-state index >= 15 is 0 Å². The van der Waals surface area contributed by atoms with E-state index in [9.17, 15) is 8.42 Å². The average molecular weight is 254 g/mol. The molecule has 2 atom stereocenters. The van der Waals surface area contributed by atoms with Crippen molar-refractivity contribution in [1.29, 1.82) is 0 Å². The highest BCUT2D eigenvalue weighted by Gasteiger charge is 2.27. The van der Waals surface area contributed by atoms with Crippen molar-refractivity contribution in [3.05, 3.63) is 24.3 Å². The molecule has 0 spiro atoms. The summed E-state index contributed by atoms with van der Waals surface area (Å²) in [5, 5.41) is 0. The third-order valence-corrected chi connectivity index (χ3v) is 4.82. The first-order chi connectivity index (χ1) is 7.99. The van der Waals surface area contributed by atoms with Crippen molar-refractivity contribution in [3.8, 4) is 0 Å². The second-order valence-electron chi connectivity index (χ2n) is 4.77. The maximum absolute atomic E-state index is 12.1. The lowest BCUT2D eigenvalue weighted by molar-refractivity contribution is 0.538. The number of sulfonamides is 1. The van der Waals surface area contributed by atoms with E-state index in [2.05, 4.69) is 11.6 Å². The second-order valence-corrected chi connectivity index (χ2v) is 6.46. The summed E-state index contributed by atoms with van der Waals surface area (Å²) in [6, 6.07) is 6.60. The Morgan fingerprint density at radius 2 is 2.00 bits per heavy atom. The monoisotopic (exact) mass is 254 g/mol. The fourth-order valence-electron chi connectivity index (χ4n) is 2.32. The molecule has 4 nitrogen and oxygen atoms in total. The first kappa shape index (κ1) is 12.4. The van der Waals surface area contributed by atoms with Crippen molar-refractivity contribution in [2.24, 2.45) is 5.92 Å². The Hall–Kier alpha value is -1.07. The molecule has 0 bridgehead atoms. The van der Waals surface area contributed by atoms with Gasteiger partial charge >= 0.3 is 0 Å². The third-order valence-electron chi connectivity index (χ3n) is 3.23. The molecule has 2 rings (SSSR count). The number of hydrogen-bond acceptors (Lipinski definition) is 3. The number of hydrogen-bond donors (Lipinski definition) is 2. The molecule has 1 aromatic carbocycles. The minimum Gasteiger partial charge on any atom is -0.398 e. The Morgan fingerprint density at radius 1 is 1.29 bits per heavy atom. The Morgan fingerprint density at radius 3 is 2.59 bits per heavy atom. The first-order valence-corrected chi connectivity index (χ1v) is 7.34. The molecule has 0 saturated heterocycles. The standard InChI is InChI=1S/C12H18N2O2S/c1-9-6-7-10(8-9)14-17(15,16)12-5-3-2-4-11(12)13/h2-5,9-10,14H,6-8,13H2,1H3. The van der Waals surface area contributed by atoms with E-state index in [1.807, 2.05) is 0 Å². The summed E-state index contributed by atoms with van der Waals surface area (Å²) in [6.07, 6.45) is 2.90. The van der Waals surface area contributed by atoms with Crippen LogP contribution in [0.5, 0.6) is 0 Å². The van der Waals surface area contributed by atoms with Crippen molar-refractivity contribution in [2.45, 2.75) is 37.1 Å². The van der Waals surface area contributed by atoms with Gasteiger partial charge in [-0.2, -0.15) is 0 Å². The van der Waals surface area contributed by atoms with Gasteiger partial charge in [-0.25, -0.2) is 13.1 Å². The topological polar surface area (TPSA) is 72.2 Å². The van der Waals surface area contributed by atoms with Crippen LogP contribution in [0.15, 0.2) is 29.2 Å². The van der Waals surface area contributed by atoms with Crippen LogP contribution >= 0.6 is 0 Å². The molecule has 0 radical (unpaired) electrons. The third kappa shape index (κ3) is 2.79. The van der Waals surface area contributed by atoms with E-state index in [0.29, 0.717) is 11.6 Å². The fourth-order valence-corrected chi connectivity index (χ4v) is 3.74. The molecule has 3 N–H and O–H groups in total. The van der Waals surface area contributed by atoms with Gasteiger partial charge in [-0.3, -0.25) is 0 Å². The Kier molecular flexibility index (Phi) is 3.40. The van der Waals surface area contributed by atoms with E-state index in [0.717, 1.165) is 19.3 Å². The van der Waals surface area contributed by atoms with Crippen LogP contribution in [0.25, 0.3) is 0 Å². The van der Waals surface area contributed by atoms with Gasteiger partial charge in [0.2, 0.25) is 10.0 Å². The Bertz CT molecular complexity index is 499. The van der Waals surface area contributed by atoms with Crippen LogP contribution in [0, 0.1) is 5.92 Å². The molecular formula is C12H18N2O2S. The van der Waals surface area contributed by atoms with Crippen molar-refractivity contribution in [2.75, 3.05) is 5.73 Å². The number of para-hydroxylation sites is 1. The van der Waals surface area contributed by atoms with Gasteiger partial charge in [0.1, 0.15) is 4.90 Å². The van der Waals surface area contributed by atoms with Gasteiger partial charge < -0.3 is 5.73 Å². The molecular weight excluding hydrogens is 236 g/mol. The SMILES string of the molecule is CC1CCC(NS(=O)(=O)c2ccccc2N)C1. The van der Waals surface area contributed by atoms with Crippen LogP contribution in [-0.2, 0) is 10.0 Å². The Balaban J connectivity index is 2.17. The number of anilines is 1. The summed E-state index contributed by atoms with van der Waals surface area (Å²) in [6.45, 7) is 2.14. The number of rotatable bonds is 3. The van der Waals surface area contributed by atoms with E-state index < -0.39 is 10.0 Å². The van der Waals surface area contributed by atoms with Gasteiger partial charge in [0, 0.05) is 6.04 Å². The van der Waals surface area contributed by atoms with Gasteiger partial charge in [-0.15, -0.1) is 0 Å². The van der Waals surface area contributed by atoms with Crippen molar-refractivity contribution < 1.29 is 8.42 Å². The predicted molar refractivity (Wildman–Crippen MR) is 68.0 cm³/mol. The zero-order valence-electron chi connectivity index (χ0n) is 9.89. The van der Waals surface area contributed by atoms with Crippen molar-refractivity contribution in [1.82, 2.24) is 4.72 Å². The molecule has 0 heterocycles. The Labute approximate surface area is 102 Å². The summed E-state index contributed by atoms with van der Waals surface area (Å²) >= 11 is 0. The highest BCUT2D eigenvalue weighted by Crippen LogP contribution is 2.26. The van der Waals surface area contributed by atoms with Gasteiger partial charge in [0.25, 0.3) is 0 Å². The molecule has 1 aliphatic carbocycles. The molecule has 1 aromatic rings. The van der Waals surface area contributed by atoms with Gasteiger partial charge in [0.05, 0.1) is 5.69 Å². The van der Waals surface area contributed by atoms with E-state index in [1.165, 1.54) is 6.07 Å². The van der Waals surface area contributed by atoms with Crippen molar-refractivity contribution >= 4 is 15.7 Å². The molecule has 1 aliphatic rings. The smallest absolute Gasteiger partial charge is 0.242 e. The van der Waals surface area contributed by atoms with Crippen LogP contribution in [0.4, 0.5) is 5.69 Å². The highest BCUT2D eigenvalue weighted by atomic mass is 32.2. The molecule has 0 aliphatic heterocycles. The lowest BCUT2D eigenvalue weighted by atomic mass is 10.1. The summed E-state index contributed by atoms with van der Waals surface area (Å²) in [5.74, 6) is 0.593. The molecule has 0 aromatic heterocycles. The molecule has 1 fully saturated rings. The van der Waals surface area contributed by atoms with Crippen LogP contribution in [0.2, 0.25) is 0 Å². The zero-order chi connectivity index (χ0) is 12.5. The molecule has 94 valence electrons. The minimum absolute atomic E-state index is 0.0506. The first-order valence-electron chi connectivity index (χ1n) is 5.86. The number of nitrogen functional groups attached to an aromatic ring is 1. The second kappa shape index (κ2) is 4.66. The van der Waals surface area contributed by atoms with Crippen LogP contribution in [-0.4, -0.2) is 14.5 Å². The normalized spacial score (nSPS) is 25.0. The highest BCUT2D eigenvalue weighted by molar-refractivity contribution is 7.89. The summed E-state index contributed by atoms with van der Waals surface area (Å²) < 4.78 is 27.0. The van der Waals surface area contributed by atoms with Crippen LogP contribution < -0.4 is 10.5 Å². The number of benzene rings is 1. The maximum Gasteiger partial charge on any atom is 0.242 e. The summed E-state index contributed by atoms with van der Waals surface area (Å²) in [5.41, 5.74) is 5.99. The summed E-state index contributed by atoms with van der Waals surface area (Å²) in [4.78, 5) is 0.180.